The summed E-state index contributed by atoms with van der Waals surface area (Å²) in [4.78, 5) is 30.9. The van der Waals surface area contributed by atoms with E-state index in [1.165, 1.54) is 41.2 Å². The van der Waals surface area contributed by atoms with Crippen LogP contribution in [0, 0.1) is 5.82 Å². The van der Waals surface area contributed by atoms with Gasteiger partial charge in [0.2, 0.25) is 0 Å². The zero-order valence-corrected chi connectivity index (χ0v) is 22.9. The quantitative estimate of drug-likeness (QED) is 0.279. The Morgan fingerprint density at radius 1 is 1.07 bits per heavy atom. The van der Waals surface area contributed by atoms with Crippen molar-refractivity contribution in [3.8, 4) is 11.3 Å². The summed E-state index contributed by atoms with van der Waals surface area (Å²) in [6.07, 6.45) is 3.23. The van der Waals surface area contributed by atoms with Crippen LogP contribution in [0.15, 0.2) is 98.6 Å². The average molecular weight is 583 g/mol. The molecule has 5 aromatic rings. The number of allylic oxidation sites excluding steroid dienone is 1. The van der Waals surface area contributed by atoms with Crippen LogP contribution in [-0.4, -0.2) is 15.6 Å². The SMILES string of the molecule is O=C(O)c1cc(-c2ccc(/C=c3/sc4n(c3=O)[C@H](c3ccc(F)cc3)C3=C(N=4)c4ccccc4CC3)o2)ccc1Cl. The molecule has 1 atom stereocenters. The number of aromatic carboxylic acids is 1. The Labute approximate surface area is 241 Å². The van der Waals surface area contributed by atoms with Crippen molar-refractivity contribution < 1.29 is 18.7 Å². The normalized spacial score (nSPS) is 16.1. The number of thiazole rings is 1. The molecule has 0 bridgehead atoms. The summed E-state index contributed by atoms with van der Waals surface area (Å²) in [6, 6.07) is 22.1. The first-order valence-electron chi connectivity index (χ1n) is 12.9. The third-order valence-electron chi connectivity index (χ3n) is 7.44. The van der Waals surface area contributed by atoms with Gasteiger partial charge in [0.25, 0.3) is 5.56 Å². The first-order chi connectivity index (χ1) is 19.9. The zero-order chi connectivity index (χ0) is 28.2. The summed E-state index contributed by atoms with van der Waals surface area (Å²) < 4.78 is 22.0. The number of carboxylic acids is 1. The van der Waals surface area contributed by atoms with Gasteiger partial charge in [-0.2, -0.15) is 0 Å². The number of carboxylic acid groups (broad SMARTS) is 1. The molecule has 7 rings (SSSR count). The molecule has 2 aliphatic rings. The van der Waals surface area contributed by atoms with E-state index in [0.717, 1.165) is 35.2 Å². The average Bonchev–Trinajstić information content (AvgIpc) is 3.57. The van der Waals surface area contributed by atoms with E-state index in [-0.39, 0.29) is 22.0 Å². The lowest BCUT2D eigenvalue weighted by Crippen LogP contribution is -2.38. The third kappa shape index (κ3) is 4.36. The predicted molar refractivity (Wildman–Crippen MR) is 155 cm³/mol. The molecule has 1 aliphatic carbocycles. The number of hydrogen-bond acceptors (Lipinski definition) is 5. The van der Waals surface area contributed by atoms with Crippen molar-refractivity contribution in [2.24, 2.45) is 4.99 Å². The third-order valence-corrected chi connectivity index (χ3v) is 8.75. The topological polar surface area (TPSA) is 84.8 Å². The number of halogens is 2. The van der Waals surface area contributed by atoms with Crippen LogP contribution in [0.1, 0.15) is 45.3 Å². The zero-order valence-electron chi connectivity index (χ0n) is 21.3. The molecule has 0 amide bonds. The molecule has 0 saturated carbocycles. The van der Waals surface area contributed by atoms with Crippen LogP contribution in [0.4, 0.5) is 4.39 Å². The van der Waals surface area contributed by atoms with Gasteiger partial charge in [-0.1, -0.05) is 59.3 Å². The molecule has 0 saturated heterocycles. The molecule has 6 nitrogen and oxygen atoms in total. The number of furan rings is 1. The Bertz CT molecular complexity index is 2090. The first-order valence-corrected chi connectivity index (χ1v) is 14.1. The highest BCUT2D eigenvalue weighted by molar-refractivity contribution is 7.07. The Kier molecular flexibility index (Phi) is 6.10. The van der Waals surface area contributed by atoms with Gasteiger partial charge < -0.3 is 9.52 Å². The first kappa shape index (κ1) is 25.4. The fourth-order valence-corrected chi connectivity index (χ4v) is 6.70. The second-order valence-corrected chi connectivity index (χ2v) is 11.3. The Morgan fingerprint density at radius 3 is 2.68 bits per heavy atom. The molecule has 3 aromatic carbocycles. The fraction of sp³-hybridized carbons (Fsp3) is 0.0938. The number of aromatic nitrogens is 1. The second kappa shape index (κ2) is 9.83. The molecule has 2 aromatic heterocycles. The lowest BCUT2D eigenvalue weighted by atomic mass is 9.83. The summed E-state index contributed by atoms with van der Waals surface area (Å²) in [6.45, 7) is 0. The van der Waals surface area contributed by atoms with Crippen LogP contribution in [0.2, 0.25) is 5.02 Å². The highest BCUT2D eigenvalue weighted by atomic mass is 35.5. The van der Waals surface area contributed by atoms with Crippen LogP contribution < -0.4 is 14.9 Å². The molecule has 0 spiro atoms. The van der Waals surface area contributed by atoms with Crippen molar-refractivity contribution in [1.82, 2.24) is 4.57 Å². The smallest absolute Gasteiger partial charge is 0.337 e. The molecule has 0 radical (unpaired) electrons. The van der Waals surface area contributed by atoms with Gasteiger partial charge in [-0.05, 0) is 72.0 Å². The molecular formula is C32H20ClFN2O4S. The molecule has 0 fully saturated rings. The summed E-state index contributed by atoms with van der Waals surface area (Å²) in [5.74, 6) is -0.594. The molecule has 3 heterocycles. The van der Waals surface area contributed by atoms with Gasteiger partial charge in [0.1, 0.15) is 17.3 Å². The Morgan fingerprint density at radius 2 is 1.88 bits per heavy atom. The van der Waals surface area contributed by atoms with Crippen LogP contribution in [0.3, 0.4) is 0 Å². The Hall–Kier alpha value is -4.53. The van der Waals surface area contributed by atoms with Gasteiger partial charge in [0.15, 0.2) is 4.80 Å². The summed E-state index contributed by atoms with van der Waals surface area (Å²) in [5, 5.41) is 9.54. The molecule has 1 N–H and O–H groups in total. The van der Waals surface area contributed by atoms with Crippen LogP contribution >= 0.6 is 22.9 Å². The van der Waals surface area contributed by atoms with Crippen LogP contribution in [0.25, 0.3) is 23.1 Å². The maximum atomic E-state index is 13.9. The summed E-state index contributed by atoms with van der Waals surface area (Å²) >= 11 is 7.28. The molecule has 1 aliphatic heterocycles. The lowest BCUT2D eigenvalue weighted by Gasteiger charge is -2.30. The van der Waals surface area contributed by atoms with Gasteiger partial charge in [-0.15, -0.1) is 0 Å². The van der Waals surface area contributed by atoms with E-state index in [4.69, 9.17) is 21.0 Å². The minimum Gasteiger partial charge on any atom is -0.478 e. The second-order valence-electron chi connectivity index (χ2n) is 9.87. The van der Waals surface area contributed by atoms with E-state index < -0.39 is 12.0 Å². The van der Waals surface area contributed by atoms with E-state index in [0.29, 0.717) is 26.4 Å². The highest BCUT2D eigenvalue weighted by Crippen LogP contribution is 2.41. The van der Waals surface area contributed by atoms with Gasteiger partial charge in [0.05, 0.1) is 26.9 Å². The van der Waals surface area contributed by atoms with E-state index in [2.05, 4.69) is 12.1 Å². The van der Waals surface area contributed by atoms with Crippen molar-refractivity contribution in [2.45, 2.75) is 18.9 Å². The fourth-order valence-electron chi connectivity index (χ4n) is 5.52. The number of fused-ring (bicyclic) bond motifs is 3. The number of hydrogen-bond donors (Lipinski definition) is 1. The van der Waals surface area contributed by atoms with Crippen molar-refractivity contribution >= 4 is 40.7 Å². The van der Waals surface area contributed by atoms with E-state index >= 15 is 0 Å². The number of nitrogens with zero attached hydrogens (tertiary/aromatic N) is 2. The number of carbonyl (C=O) groups is 1. The minimum atomic E-state index is -1.13. The van der Waals surface area contributed by atoms with Crippen LogP contribution in [-0.2, 0) is 6.42 Å². The molecule has 41 heavy (non-hydrogen) atoms. The summed E-state index contributed by atoms with van der Waals surface area (Å²) in [5.41, 5.74) is 5.29. The standard InChI is InChI=1S/C32H20ClFN2O4S/c33-25-13-8-19(15-24(25)31(38)39)26-14-11-21(40-26)16-27-30(37)36-29(18-5-9-20(34)10-6-18)23-12-7-17-3-1-2-4-22(17)28(23)35-32(36)41-27/h1-6,8-11,13-16,29H,7,12H2,(H,38,39)/b27-16+/t29-/m1/s1. The van der Waals surface area contributed by atoms with Gasteiger partial charge in [-0.3, -0.25) is 9.36 Å². The van der Waals surface area contributed by atoms with Crippen molar-refractivity contribution in [3.05, 3.63) is 143 Å². The van der Waals surface area contributed by atoms with Crippen molar-refractivity contribution in [1.29, 1.82) is 0 Å². The number of benzene rings is 3. The number of rotatable bonds is 4. The monoisotopic (exact) mass is 582 g/mol. The van der Waals surface area contributed by atoms with Gasteiger partial charge in [0, 0.05) is 17.2 Å². The maximum Gasteiger partial charge on any atom is 0.337 e. The molecule has 9 heteroatoms. The lowest BCUT2D eigenvalue weighted by molar-refractivity contribution is 0.0697. The molecular weight excluding hydrogens is 563 g/mol. The van der Waals surface area contributed by atoms with Crippen LogP contribution in [0.5, 0.6) is 0 Å². The highest BCUT2D eigenvalue weighted by Gasteiger charge is 2.32. The minimum absolute atomic E-state index is 0.0261. The van der Waals surface area contributed by atoms with Gasteiger partial charge >= 0.3 is 5.97 Å². The molecule has 202 valence electrons. The van der Waals surface area contributed by atoms with E-state index in [1.54, 1.807) is 41.0 Å². The van der Waals surface area contributed by atoms with E-state index in [9.17, 15) is 19.1 Å². The largest absolute Gasteiger partial charge is 0.478 e. The van der Waals surface area contributed by atoms with E-state index in [1.807, 2.05) is 12.1 Å². The van der Waals surface area contributed by atoms with Gasteiger partial charge in [-0.25, -0.2) is 14.2 Å². The summed E-state index contributed by atoms with van der Waals surface area (Å²) in [7, 11) is 0. The van der Waals surface area contributed by atoms with Crippen molar-refractivity contribution in [3.63, 3.8) is 0 Å². The van der Waals surface area contributed by atoms with Crippen molar-refractivity contribution in [2.75, 3.05) is 0 Å². The maximum absolute atomic E-state index is 13.9. The molecule has 0 unspecified atom stereocenters. The Balaban J connectivity index is 1.37. The predicted octanol–water partition coefficient (Wildman–Crippen LogP) is 6.07. The number of aryl methyl sites for hydroxylation is 1.